The quantitative estimate of drug-likeness (QED) is 0.539. The first-order chi connectivity index (χ1) is 9.11. The lowest BCUT2D eigenvalue weighted by Gasteiger charge is -2.10. The number of carbonyl (C=O) groups excluding carboxylic acids is 1. The fraction of sp³-hybridized carbons (Fsp3) is 0.429. The van der Waals surface area contributed by atoms with E-state index in [2.05, 4.69) is 15.6 Å². The molecule has 0 saturated heterocycles. The summed E-state index contributed by atoms with van der Waals surface area (Å²) >= 11 is 0. The van der Waals surface area contributed by atoms with Crippen LogP contribution in [0.3, 0.4) is 0 Å². The van der Waals surface area contributed by atoms with Gasteiger partial charge in [-0.2, -0.15) is 0 Å². The maximum atomic E-state index is 11.5. The van der Waals surface area contributed by atoms with Gasteiger partial charge < -0.3 is 16.4 Å². The first-order valence-electron chi connectivity index (χ1n) is 6.53. The molecule has 0 bridgehead atoms. The minimum absolute atomic E-state index is 0.00520. The summed E-state index contributed by atoms with van der Waals surface area (Å²) in [4.78, 5) is 15.6. The highest BCUT2D eigenvalue weighted by molar-refractivity contribution is 5.92. The van der Waals surface area contributed by atoms with E-state index in [0.717, 1.165) is 12.1 Å². The third-order valence-corrected chi connectivity index (χ3v) is 2.69. The lowest BCUT2D eigenvalue weighted by atomic mass is 10.2. The lowest BCUT2D eigenvalue weighted by molar-refractivity contribution is -0.121. The molecule has 104 valence electrons. The average Bonchev–Trinajstić information content (AvgIpc) is 2.39. The second-order valence-electron chi connectivity index (χ2n) is 4.38. The monoisotopic (exact) mass is 262 g/mol. The van der Waals surface area contributed by atoms with Crippen molar-refractivity contribution >= 4 is 17.6 Å². The van der Waals surface area contributed by atoms with Crippen molar-refractivity contribution < 1.29 is 4.79 Å². The number of nitrogens with two attached hydrogens (primary N) is 1. The zero-order valence-electron chi connectivity index (χ0n) is 11.5. The van der Waals surface area contributed by atoms with Crippen molar-refractivity contribution in [2.75, 3.05) is 11.9 Å². The van der Waals surface area contributed by atoms with E-state index >= 15 is 0 Å². The zero-order valence-corrected chi connectivity index (χ0v) is 11.5. The van der Waals surface area contributed by atoms with Crippen molar-refractivity contribution in [3.05, 3.63) is 30.3 Å². The molecule has 1 aromatic rings. The van der Waals surface area contributed by atoms with Crippen LogP contribution in [-0.2, 0) is 4.79 Å². The molecule has 0 fully saturated rings. The molecule has 1 aromatic carbocycles. The van der Waals surface area contributed by atoms with Crippen molar-refractivity contribution in [1.82, 2.24) is 5.32 Å². The Morgan fingerprint density at radius 2 is 2.05 bits per heavy atom. The first-order valence-corrected chi connectivity index (χ1v) is 6.53. The second kappa shape index (κ2) is 8.13. The van der Waals surface area contributed by atoms with Gasteiger partial charge in [-0.1, -0.05) is 25.1 Å². The number of hydrogen-bond donors (Lipinski definition) is 3. The number of guanidine groups is 1. The third kappa shape index (κ3) is 6.45. The number of amides is 1. The van der Waals surface area contributed by atoms with E-state index in [1.165, 1.54) is 0 Å². The van der Waals surface area contributed by atoms with Crippen LogP contribution in [-0.4, -0.2) is 24.5 Å². The van der Waals surface area contributed by atoms with Crippen LogP contribution in [0.1, 0.15) is 26.7 Å². The summed E-state index contributed by atoms with van der Waals surface area (Å²) < 4.78 is 0. The molecule has 0 aliphatic rings. The predicted octanol–water partition coefficient (Wildman–Crippen LogP) is 1.72. The number of aliphatic imine (C=N–C) groups is 1. The number of para-hydroxylation sites is 1. The Kier molecular flexibility index (Phi) is 6.43. The highest BCUT2D eigenvalue weighted by Gasteiger charge is 2.04. The highest BCUT2D eigenvalue weighted by atomic mass is 16.1. The molecule has 0 spiro atoms. The molecule has 5 nitrogen and oxygen atoms in total. The SMILES string of the molecule is CCC(C)NC(=O)CCN=C(N)Nc1ccccc1. The maximum absolute atomic E-state index is 11.5. The van der Waals surface area contributed by atoms with Crippen LogP contribution < -0.4 is 16.4 Å². The van der Waals surface area contributed by atoms with Gasteiger partial charge in [-0.15, -0.1) is 0 Å². The summed E-state index contributed by atoms with van der Waals surface area (Å²) in [5, 5.41) is 5.85. The minimum Gasteiger partial charge on any atom is -0.370 e. The molecule has 5 heteroatoms. The van der Waals surface area contributed by atoms with Crippen molar-refractivity contribution in [1.29, 1.82) is 0 Å². The van der Waals surface area contributed by atoms with Gasteiger partial charge in [0.2, 0.25) is 5.91 Å². The van der Waals surface area contributed by atoms with Crippen LogP contribution in [0.2, 0.25) is 0 Å². The normalized spacial score (nSPS) is 12.8. The van der Waals surface area contributed by atoms with Crippen LogP contribution in [0, 0.1) is 0 Å². The van der Waals surface area contributed by atoms with Gasteiger partial charge >= 0.3 is 0 Å². The molecule has 1 rings (SSSR count). The summed E-state index contributed by atoms with van der Waals surface area (Å²) in [5.41, 5.74) is 6.61. The molecule has 0 aliphatic carbocycles. The summed E-state index contributed by atoms with van der Waals surface area (Å²) in [6.45, 7) is 4.39. The number of anilines is 1. The Hall–Kier alpha value is -2.04. The number of hydrogen-bond acceptors (Lipinski definition) is 2. The fourth-order valence-corrected chi connectivity index (χ4v) is 1.44. The first kappa shape index (κ1) is 15.0. The third-order valence-electron chi connectivity index (χ3n) is 2.69. The van der Waals surface area contributed by atoms with Crippen molar-refractivity contribution in [2.45, 2.75) is 32.7 Å². The molecule has 19 heavy (non-hydrogen) atoms. The Morgan fingerprint density at radius 1 is 1.37 bits per heavy atom. The van der Waals surface area contributed by atoms with E-state index in [9.17, 15) is 4.79 Å². The zero-order chi connectivity index (χ0) is 14.1. The van der Waals surface area contributed by atoms with Crippen LogP contribution in [0.15, 0.2) is 35.3 Å². The average molecular weight is 262 g/mol. The number of nitrogens with zero attached hydrogens (tertiary/aromatic N) is 1. The molecule has 0 aromatic heterocycles. The molecular formula is C14H22N4O. The summed E-state index contributed by atoms with van der Waals surface area (Å²) in [5.74, 6) is 0.327. The molecule has 0 aliphatic heterocycles. The Balaban J connectivity index is 2.30. The van der Waals surface area contributed by atoms with E-state index in [1.54, 1.807) is 0 Å². The molecular weight excluding hydrogens is 240 g/mol. The Labute approximate surface area is 114 Å². The van der Waals surface area contributed by atoms with Crippen LogP contribution >= 0.6 is 0 Å². The summed E-state index contributed by atoms with van der Waals surface area (Å²) in [6.07, 6.45) is 1.27. The summed E-state index contributed by atoms with van der Waals surface area (Å²) in [6, 6.07) is 9.76. The molecule has 0 saturated carbocycles. The van der Waals surface area contributed by atoms with Gasteiger partial charge in [0, 0.05) is 18.2 Å². The van der Waals surface area contributed by atoms with Crippen LogP contribution in [0.4, 0.5) is 5.69 Å². The van der Waals surface area contributed by atoms with Crippen molar-refractivity contribution in [3.63, 3.8) is 0 Å². The molecule has 1 amide bonds. The Morgan fingerprint density at radius 3 is 2.68 bits per heavy atom. The van der Waals surface area contributed by atoms with Gasteiger partial charge in [0.25, 0.3) is 0 Å². The van der Waals surface area contributed by atoms with Gasteiger partial charge in [-0.3, -0.25) is 9.79 Å². The van der Waals surface area contributed by atoms with Gasteiger partial charge in [-0.05, 0) is 25.5 Å². The highest BCUT2D eigenvalue weighted by Crippen LogP contribution is 2.03. The number of rotatable bonds is 6. The number of nitrogens with one attached hydrogen (secondary N) is 2. The van der Waals surface area contributed by atoms with E-state index in [0.29, 0.717) is 18.9 Å². The minimum atomic E-state index is 0.00520. The van der Waals surface area contributed by atoms with Crippen molar-refractivity contribution in [2.24, 2.45) is 10.7 Å². The molecule has 0 heterocycles. The topological polar surface area (TPSA) is 79.5 Å². The fourth-order valence-electron chi connectivity index (χ4n) is 1.44. The Bertz CT molecular complexity index is 417. The standard InChI is InChI=1S/C14H22N4O/c1-3-11(2)17-13(19)9-10-16-14(15)18-12-7-5-4-6-8-12/h4-8,11H,3,9-10H2,1-2H3,(H,17,19)(H3,15,16,18). The van der Waals surface area contributed by atoms with E-state index < -0.39 is 0 Å². The number of carbonyl (C=O) groups is 1. The van der Waals surface area contributed by atoms with Crippen molar-refractivity contribution in [3.8, 4) is 0 Å². The molecule has 0 radical (unpaired) electrons. The van der Waals surface area contributed by atoms with Gasteiger partial charge in [-0.25, -0.2) is 0 Å². The van der Waals surface area contributed by atoms with E-state index in [-0.39, 0.29) is 11.9 Å². The largest absolute Gasteiger partial charge is 0.370 e. The lowest BCUT2D eigenvalue weighted by Crippen LogP contribution is -2.32. The predicted molar refractivity (Wildman–Crippen MR) is 79.1 cm³/mol. The van der Waals surface area contributed by atoms with Gasteiger partial charge in [0.15, 0.2) is 5.96 Å². The molecule has 1 unspecified atom stereocenters. The smallest absolute Gasteiger partial charge is 0.222 e. The second-order valence-corrected chi connectivity index (χ2v) is 4.38. The summed E-state index contributed by atoms with van der Waals surface area (Å²) in [7, 11) is 0. The van der Waals surface area contributed by atoms with E-state index in [1.807, 2.05) is 44.2 Å². The maximum Gasteiger partial charge on any atom is 0.222 e. The van der Waals surface area contributed by atoms with Crippen LogP contribution in [0.5, 0.6) is 0 Å². The number of benzene rings is 1. The van der Waals surface area contributed by atoms with E-state index in [4.69, 9.17) is 5.73 Å². The van der Waals surface area contributed by atoms with Gasteiger partial charge in [0.1, 0.15) is 0 Å². The molecule has 1 atom stereocenters. The molecule has 4 N–H and O–H groups in total. The van der Waals surface area contributed by atoms with Gasteiger partial charge in [0.05, 0.1) is 6.54 Å². The van der Waals surface area contributed by atoms with Crippen LogP contribution in [0.25, 0.3) is 0 Å².